The molecule has 0 unspecified atom stereocenters. The van der Waals surface area contributed by atoms with Crippen molar-refractivity contribution in [3.05, 3.63) is 47.0 Å². The minimum absolute atomic E-state index is 0.189. The topological polar surface area (TPSA) is 80.1 Å². The van der Waals surface area contributed by atoms with E-state index in [-0.39, 0.29) is 5.56 Å². The van der Waals surface area contributed by atoms with Crippen LogP contribution in [0.2, 0.25) is 0 Å². The van der Waals surface area contributed by atoms with Gasteiger partial charge in [0.15, 0.2) is 0 Å². The van der Waals surface area contributed by atoms with Crippen molar-refractivity contribution in [3.8, 4) is 17.1 Å². The molecule has 1 fully saturated rings. The summed E-state index contributed by atoms with van der Waals surface area (Å²) in [5.41, 5.74) is 0.338. The zero-order chi connectivity index (χ0) is 18.1. The molecule has 0 radical (unpaired) electrons. The predicted molar refractivity (Wildman–Crippen MR) is 100 cm³/mol. The number of H-pyrrole nitrogens is 1. The average Bonchev–Trinajstić information content (AvgIpc) is 3.08. The molecular formula is C20H23N3O3. The summed E-state index contributed by atoms with van der Waals surface area (Å²) in [4.78, 5) is 19.9. The van der Waals surface area contributed by atoms with E-state index in [1.165, 1.54) is 6.42 Å². The number of imidazole rings is 1. The lowest BCUT2D eigenvalue weighted by Gasteiger charge is -2.32. The first-order valence-electron chi connectivity index (χ1n) is 9.03. The minimum atomic E-state index is -0.722. The number of aliphatic hydroxyl groups is 1. The normalized spacial score (nSPS) is 16.7. The van der Waals surface area contributed by atoms with E-state index in [2.05, 4.69) is 9.97 Å². The van der Waals surface area contributed by atoms with Gasteiger partial charge in [-0.3, -0.25) is 4.79 Å². The SMILES string of the molecule is COc1ccc2[nH]c(=O)c(-c3nccn3CC3(O)CCCCC3)cc2c1. The van der Waals surface area contributed by atoms with Crippen molar-refractivity contribution in [1.29, 1.82) is 0 Å². The number of benzene rings is 1. The number of aromatic amines is 1. The molecule has 0 saturated heterocycles. The van der Waals surface area contributed by atoms with Gasteiger partial charge in [0.05, 0.1) is 24.8 Å². The summed E-state index contributed by atoms with van der Waals surface area (Å²) in [7, 11) is 1.62. The van der Waals surface area contributed by atoms with E-state index in [1.54, 1.807) is 13.3 Å². The summed E-state index contributed by atoms with van der Waals surface area (Å²) in [6, 6.07) is 7.37. The van der Waals surface area contributed by atoms with Crippen molar-refractivity contribution in [2.24, 2.45) is 0 Å². The number of pyridine rings is 1. The number of ether oxygens (including phenoxy) is 1. The maximum atomic E-state index is 12.6. The van der Waals surface area contributed by atoms with Crippen LogP contribution in [0.4, 0.5) is 0 Å². The Bertz CT molecular complexity index is 983. The molecule has 2 aromatic heterocycles. The number of nitrogens with one attached hydrogen (secondary N) is 1. The molecule has 2 N–H and O–H groups in total. The van der Waals surface area contributed by atoms with Gasteiger partial charge in [-0.15, -0.1) is 0 Å². The van der Waals surface area contributed by atoms with Gasteiger partial charge in [-0.1, -0.05) is 19.3 Å². The van der Waals surface area contributed by atoms with E-state index in [9.17, 15) is 9.90 Å². The van der Waals surface area contributed by atoms with Crippen LogP contribution < -0.4 is 10.3 Å². The molecule has 1 aliphatic rings. The van der Waals surface area contributed by atoms with E-state index in [4.69, 9.17) is 4.74 Å². The highest BCUT2D eigenvalue weighted by molar-refractivity contribution is 5.83. The number of nitrogens with zero attached hydrogens (tertiary/aromatic N) is 2. The van der Waals surface area contributed by atoms with Crippen LogP contribution in [0.5, 0.6) is 5.75 Å². The first-order valence-corrected chi connectivity index (χ1v) is 9.03. The molecule has 6 nitrogen and oxygen atoms in total. The van der Waals surface area contributed by atoms with Crippen LogP contribution >= 0.6 is 0 Å². The summed E-state index contributed by atoms with van der Waals surface area (Å²) in [6.07, 6.45) is 8.33. The molecule has 1 aromatic carbocycles. The fraction of sp³-hybridized carbons (Fsp3) is 0.400. The Hall–Kier alpha value is -2.60. The second-order valence-corrected chi connectivity index (χ2v) is 7.13. The van der Waals surface area contributed by atoms with Crippen LogP contribution in [0.3, 0.4) is 0 Å². The molecule has 0 spiro atoms. The van der Waals surface area contributed by atoms with Crippen molar-refractivity contribution in [2.45, 2.75) is 44.2 Å². The van der Waals surface area contributed by atoms with Crippen LogP contribution in [-0.2, 0) is 6.54 Å². The number of fused-ring (bicyclic) bond motifs is 1. The molecule has 26 heavy (non-hydrogen) atoms. The lowest BCUT2D eigenvalue weighted by molar-refractivity contribution is -0.0111. The van der Waals surface area contributed by atoms with Crippen molar-refractivity contribution < 1.29 is 9.84 Å². The molecule has 0 amide bonds. The summed E-state index contributed by atoms with van der Waals surface area (Å²) in [6.45, 7) is 0.456. The molecule has 1 aliphatic carbocycles. The van der Waals surface area contributed by atoms with E-state index in [0.29, 0.717) is 17.9 Å². The number of aromatic nitrogens is 3. The van der Waals surface area contributed by atoms with Gasteiger partial charge < -0.3 is 19.4 Å². The van der Waals surface area contributed by atoms with Crippen molar-refractivity contribution in [1.82, 2.24) is 14.5 Å². The van der Waals surface area contributed by atoms with E-state index in [1.807, 2.05) is 35.0 Å². The molecule has 3 aromatic rings. The van der Waals surface area contributed by atoms with Crippen LogP contribution in [0, 0.1) is 0 Å². The van der Waals surface area contributed by atoms with Gasteiger partial charge in [0.25, 0.3) is 5.56 Å². The maximum Gasteiger partial charge on any atom is 0.259 e. The Labute approximate surface area is 151 Å². The maximum absolute atomic E-state index is 12.6. The second-order valence-electron chi connectivity index (χ2n) is 7.13. The zero-order valence-electron chi connectivity index (χ0n) is 14.9. The highest BCUT2D eigenvalue weighted by atomic mass is 16.5. The highest BCUT2D eigenvalue weighted by Crippen LogP contribution is 2.31. The number of hydrogen-bond donors (Lipinski definition) is 2. The Balaban J connectivity index is 1.75. The van der Waals surface area contributed by atoms with Crippen LogP contribution in [-0.4, -0.2) is 32.4 Å². The van der Waals surface area contributed by atoms with Gasteiger partial charge in [0, 0.05) is 23.3 Å². The van der Waals surface area contributed by atoms with Crippen molar-refractivity contribution in [2.75, 3.05) is 7.11 Å². The summed E-state index contributed by atoms with van der Waals surface area (Å²) in [5.74, 6) is 1.31. The average molecular weight is 353 g/mol. The first-order chi connectivity index (χ1) is 12.6. The summed E-state index contributed by atoms with van der Waals surface area (Å²) < 4.78 is 7.17. The number of rotatable bonds is 4. The molecule has 1 saturated carbocycles. The quantitative estimate of drug-likeness (QED) is 0.755. The van der Waals surface area contributed by atoms with E-state index in [0.717, 1.165) is 42.3 Å². The van der Waals surface area contributed by atoms with Gasteiger partial charge in [0.2, 0.25) is 0 Å². The Morgan fingerprint density at radius 1 is 1.27 bits per heavy atom. The fourth-order valence-electron chi connectivity index (χ4n) is 3.84. The largest absolute Gasteiger partial charge is 0.497 e. The molecule has 2 heterocycles. The molecule has 0 bridgehead atoms. The molecule has 4 rings (SSSR count). The third-order valence-electron chi connectivity index (χ3n) is 5.26. The lowest BCUT2D eigenvalue weighted by Crippen LogP contribution is -2.36. The van der Waals surface area contributed by atoms with Crippen LogP contribution in [0.15, 0.2) is 41.5 Å². The van der Waals surface area contributed by atoms with Gasteiger partial charge in [-0.25, -0.2) is 4.98 Å². The fourth-order valence-corrected chi connectivity index (χ4v) is 3.84. The van der Waals surface area contributed by atoms with Crippen molar-refractivity contribution in [3.63, 3.8) is 0 Å². The van der Waals surface area contributed by atoms with Gasteiger partial charge >= 0.3 is 0 Å². The van der Waals surface area contributed by atoms with E-state index >= 15 is 0 Å². The standard InChI is InChI=1S/C20H23N3O3/c1-26-15-5-6-17-14(11-15)12-16(19(24)22-17)18-21-9-10-23(18)13-20(25)7-3-2-4-8-20/h5-6,9-12,25H,2-4,7-8,13H2,1H3,(H,22,24). The lowest BCUT2D eigenvalue weighted by atomic mass is 9.85. The predicted octanol–water partition coefficient (Wildman–Crippen LogP) is 3.10. The summed E-state index contributed by atoms with van der Waals surface area (Å²) >= 11 is 0. The van der Waals surface area contributed by atoms with E-state index < -0.39 is 5.60 Å². The van der Waals surface area contributed by atoms with Crippen LogP contribution in [0.1, 0.15) is 32.1 Å². The first kappa shape index (κ1) is 16.8. The smallest absolute Gasteiger partial charge is 0.259 e. The third-order valence-corrected chi connectivity index (χ3v) is 5.26. The third kappa shape index (κ3) is 3.12. The highest BCUT2D eigenvalue weighted by Gasteiger charge is 2.30. The molecule has 0 aliphatic heterocycles. The monoisotopic (exact) mass is 353 g/mol. The number of hydrogen-bond acceptors (Lipinski definition) is 4. The van der Waals surface area contributed by atoms with Crippen LogP contribution in [0.25, 0.3) is 22.3 Å². The molecule has 6 heteroatoms. The van der Waals surface area contributed by atoms with Crippen molar-refractivity contribution >= 4 is 10.9 Å². The van der Waals surface area contributed by atoms with Gasteiger partial charge in [-0.05, 0) is 37.1 Å². The second kappa shape index (κ2) is 6.61. The Morgan fingerprint density at radius 3 is 2.85 bits per heavy atom. The van der Waals surface area contributed by atoms with Gasteiger partial charge in [-0.2, -0.15) is 0 Å². The molecule has 136 valence electrons. The summed E-state index contributed by atoms with van der Waals surface area (Å²) in [5, 5.41) is 11.8. The Morgan fingerprint density at radius 2 is 2.08 bits per heavy atom. The zero-order valence-corrected chi connectivity index (χ0v) is 14.9. The number of methoxy groups -OCH3 is 1. The minimum Gasteiger partial charge on any atom is -0.497 e. The molecule has 0 atom stereocenters. The van der Waals surface area contributed by atoms with Gasteiger partial charge in [0.1, 0.15) is 11.6 Å². The Kier molecular flexibility index (Phi) is 4.28. The molecular weight excluding hydrogens is 330 g/mol.